The Morgan fingerprint density at radius 2 is 2.29 bits per heavy atom. The van der Waals surface area contributed by atoms with Crippen molar-refractivity contribution in [2.45, 2.75) is 13.0 Å². The zero-order valence-corrected chi connectivity index (χ0v) is 12.5. The number of phenols is 1. The van der Waals surface area contributed by atoms with Crippen molar-refractivity contribution in [3.63, 3.8) is 0 Å². The van der Waals surface area contributed by atoms with Crippen molar-refractivity contribution in [1.29, 1.82) is 0 Å². The van der Waals surface area contributed by atoms with Crippen LogP contribution in [0.25, 0.3) is 0 Å². The Morgan fingerprint density at radius 1 is 1.52 bits per heavy atom. The minimum absolute atomic E-state index is 0.149. The smallest absolute Gasteiger partial charge is 0.258 e. The average Bonchev–Trinajstić information content (AvgIpc) is 2.47. The number of aromatic hydroxyl groups is 1. The van der Waals surface area contributed by atoms with Gasteiger partial charge in [-0.3, -0.25) is 9.59 Å². The topological polar surface area (TPSA) is 81.7 Å². The number of carbonyl (C=O) groups excluding carboxylic acids is 2. The van der Waals surface area contributed by atoms with E-state index in [4.69, 9.17) is 11.6 Å². The number of phenolic OH excluding ortho intramolecular Hbond substituents is 1. The van der Waals surface area contributed by atoms with Crippen molar-refractivity contribution in [1.82, 2.24) is 15.5 Å². The van der Waals surface area contributed by atoms with Gasteiger partial charge in [0.05, 0.1) is 5.56 Å². The lowest BCUT2D eigenvalue weighted by Gasteiger charge is -2.35. The summed E-state index contributed by atoms with van der Waals surface area (Å²) in [7, 11) is 0. The van der Waals surface area contributed by atoms with Crippen LogP contribution in [0.3, 0.4) is 0 Å². The highest BCUT2D eigenvalue weighted by Gasteiger charge is 2.33. The van der Waals surface area contributed by atoms with E-state index in [9.17, 15) is 14.7 Å². The van der Waals surface area contributed by atoms with Crippen LogP contribution in [0.1, 0.15) is 17.3 Å². The second-order valence-corrected chi connectivity index (χ2v) is 5.21. The van der Waals surface area contributed by atoms with Gasteiger partial charge in [0, 0.05) is 31.2 Å². The first-order valence-corrected chi connectivity index (χ1v) is 7.20. The minimum Gasteiger partial charge on any atom is -0.507 e. The summed E-state index contributed by atoms with van der Waals surface area (Å²) in [4.78, 5) is 26.1. The van der Waals surface area contributed by atoms with Crippen molar-refractivity contribution in [2.75, 3.05) is 26.2 Å². The van der Waals surface area contributed by atoms with Crippen LogP contribution in [-0.4, -0.2) is 54.0 Å². The monoisotopic (exact) mass is 311 g/mol. The van der Waals surface area contributed by atoms with Gasteiger partial charge in [0.25, 0.3) is 5.91 Å². The molecule has 0 radical (unpaired) electrons. The first-order chi connectivity index (χ1) is 10.0. The van der Waals surface area contributed by atoms with Crippen LogP contribution in [0.4, 0.5) is 0 Å². The molecule has 3 N–H and O–H groups in total. The molecule has 114 valence electrons. The van der Waals surface area contributed by atoms with E-state index in [-0.39, 0.29) is 23.1 Å². The van der Waals surface area contributed by atoms with Crippen LogP contribution in [-0.2, 0) is 4.79 Å². The molecule has 1 aliphatic rings. The Hall–Kier alpha value is -1.79. The maximum absolute atomic E-state index is 12.6. The van der Waals surface area contributed by atoms with E-state index >= 15 is 0 Å². The number of benzene rings is 1. The van der Waals surface area contributed by atoms with Gasteiger partial charge in [0.2, 0.25) is 5.91 Å². The highest BCUT2D eigenvalue weighted by atomic mass is 35.5. The van der Waals surface area contributed by atoms with E-state index in [1.54, 1.807) is 0 Å². The lowest BCUT2D eigenvalue weighted by atomic mass is 10.1. The number of nitrogens with zero attached hydrogens (tertiary/aromatic N) is 1. The normalized spacial score (nSPS) is 18.4. The number of carbonyl (C=O) groups is 2. The summed E-state index contributed by atoms with van der Waals surface area (Å²) < 4.78 is 0. The predicted octanol–water partition coefficient (Wildman–Crippen LogP) is 0.596. The molecule has 0 aromatic heterocycles. The molecule has 1 heterocycles. The van der Waals surface area contributed by atoms with Crippen LogP contribution in [0, 0.1) is 0 Å². The molecule has 0 aliphatic carbocycles. The minimum atomic E-state index is -0.582. The number of rotatable bonds is 3. The van der Waals surface area contributed by atoms with Gasteiger partial charge in [-0.15, -0.1) is 0 Å². The Kier molecular flexibility index (Phi) is 5.03. The molecule has 1 fully saturated rings. The number of nitrogens with one attached hydrogen (secondary N) is 2. The number of hydrogen-bond donors (Lipinski definition) is 3. The summed E-state index contributed by atoms with van der Waals surface area (Å²) in [5.74, 6) is -0.755. The fourth-order valence-electron chi connectivity index (χ4n) is 2.31. The van der Waals surface area contributed by atoms with Crippen LogP contribution >= 0.6 is 11.6 Å². The lowest BCUT2D eigenvalue weighted by molar-refractivity contribution is -0.126. The van der Waals surface area contributed by atoms with Crippen molar-refractivity contribution in [2.24, 2.45) is 0 Å². The fourth-order valence-corrected chi connectivity index (χ4v) is 2.48. The average molecular weight is 312 g/mol. The molecular formula is C14H18ClN3O3. The third-order valence-corrected chi connectivity index (χ3v) is 3.58. The lowest BCUT2D eigenvalue weighted by Crippen LogP contribution is -2.59. The van der Waals surface area contributed by atoms with Gasteiger partial charge >= 0.3 is 0 Å². The number of amides is 2. The van der Waals surface area contributed by atoms with Gasteiger partial charge in [-0.25, -0.2) is 0 Å². The molecule has 0 spiro atoms. The molecule has 7 heteroatoms. The van der Waals surface area contributed by atoms with E-state index in [0.717, 1.165) is 0 Å². The molecule has 1 unspecified atom stereocenters. The van der Waals surface area contributed by atoms with Crippen molar-refractivity contribution in [3.05, 3.63) is 28.8 Å². The van der Waals surface area contributed by atoms with E-state index in [2.05, 4.69) is 10.6 Å². The van der Waals surface area contributed by atoms with Crippen molar-refractivity contribution >= 4 is 23.4 Å². The Balaban J connectivity index is 2.24. The van der Waals surface area contributed by atoms with Gasteiger partial charge in [0.15, 0.2) is 0 Å². The molecular weight excluding hydrogens is 294 g/mol. The molecule has 1 atom stereocenters. The zero-order valence-electron chi connectivity index (χ0n) is 11.7. The first-order valence-electron chi connectivity index (χ1n) is 6.82. The molecule has 1 aromatic carbocycles. The summed E-state index contributed by atoms with van der Waals surface area (Å²) >= 11 is 5.77. The Bertz CT molecular complexity index is 550. The maximum atomic E-state index is 12.6. The summed E-state index contributed by atoms with van der Waals surface area (Å²) in [6, 6.07) is 3.74. The van der Waals surface area contributed by atoms with Crippen molar-refractivity contribution < 1.29 is 14.7 Å². The highest BCUT2D eigenvalue weighted by Crippen LogP contribution is 2.24. The maximum Gasteiger partial charge on any atom is 0.258 e. The molecule has 2 amide bonds. The standard InChI is InChI=1S/C14H18ClN3O3/c1-2-17-13(20)11-8-16-5-6-18(11)14(21)10-4-3-9(15)7-12(10)19/h3-4,7,11,16,19H,2,5-6,8H2,1H3,(H,17,20). The summed E-state index contributed by atoms with van der Waals surface area (Å²) in [5.41, 5.74) is 0.149. The number of piperazine rings is 1. The number of likely N-dealkylation sites (N-methyl/N-ethyl adjacent to an activating group) is 1. The van der Waals surface area contributed by atoms with E-state index in [0.29, 0.717) is 31.2 Å². The predicted molar refractivity (Wildman–Crippen MR) is 79.5 cm³/mol. The Morgan fingerprint density at radius 3 is 2.95 bits per heavy atom. The molecule has 1 saturated heterocycles. The number of hydrogen-bond acceptors (Lipinski definition) is 4. The van der Waals surface area contributed by atoms with Crippen LogP contribution in [0.5, 0.6) is 5.75 Å². The van der Waals surface area contributed by atoms with Crippen LogP contribution in [0.2, 0.25) is 5.02 Å². The quantitative estimate of drug-likeness (QED) is 0.763. The SMILES string of the molecule is CCNC(=O)C1CNCCN1C(=O)c1ccc(Cl)cc1O. The van der Waals surface area contributed by atoms with E-state index < -0.39 is 6.04 Å². The van der Waals surface area contributed by atoms with Crippen LogP contribution < -0.4 is 10.6 Å². The molecule has 6 nitrogen and oxygen atoms in total. The third kappa shape index (κ3) is 3.46. The van der Waals surface area contributed by atoms with Gasteiger partial charge in [0.1, 0.15) is 11.8 Å². The highest BCUT2D eigenvalue weighted by molar-refractivity contribution is 6.30. The summed E-state index contributed by atoms with van der Waals surface area (Å²) in [6.45, 7) is 3.74. The summed E-state index contributed by atoms with van der Waals surface area (Å²) in [6.07, 6.45) is 0. The first kappa shape index (κ1) is 15.6. The molecule has 1 aliphatic heterocycles. The van der Waals surface area contributed by atoms with Gasteiger partial charge in [-0.2, -0.15) is 0 Å². The van der Waals surface area contributed by atoms with E-state index in [1.807, 2.05) is 6.92 Å². The summed E-state index contributed by atoms with van der Waals surface area (Å²) in [5, 5.41) is 16.0. The van der Waals surface area contributed by atoms with Gasteiger partial charge in [-0.1, -0.05) is 11.6 Å². The zero-order chi connectivity index (χ0) is 15.4. The molecule has 2 rings (SSSR count). The molecule has 1 aromatic rings. The van der Waals surface area contributed by atoms with Gasteiger partial charge < -0.3 is 20.6 Å². The Labute approximate surface area is 128 Å². The van der Waals surface area contributed by atoms with Crippen LogP contribution in [0.15, 0.2) is 18.2 Å². The second-order valence-electron chi connectivity index (χ2n) is 4.77. The fraction of sp³-hybridized carbons (Fsp3) is 0.429. The molecule has 0 bridgehead atoms. The van der Waals surface area contributed by atoms with E-state index in [1.165, 1.54) is 23.1 Å². The molecule has 21 heavy (non-hydrogen) atoms. The number of halogens is 1. The largest absolute Gasteiger partial charge is 0.507 e. The van der Waals surface area contributed by atoms with Gasteiger partial charge in [-0.05, 0) is 25.1 Å². The molecule has 0 saturated carbocycles. The second kappa shape index (κ2) is 6.78. The van der Waals surface area contributed by atoms with Crippen molar-refractivity contribution in [3.8, 4) is 5.75 Å². The third-order valence-electron chi connectivity index (χ3n) is 3.35.